The number of halogens is 4. The Labute approximate surface area is 140 Å². The van der Waals surface area contributed by atoms with Gasteiger partial charge in [-0.3, -0.25) is 0 Å². The van der Waals surface area contributed by atoms with E-state index in [4.69, 9.17) is 4.74 Å². The minimum Gasteiger partial charge on any atom is -0.486 e. The van der Waals surface area contributed by atoms with Crippen LogP contribution in [0.2, 0.25) is 0 Å². The van der Waals surface area contributed by atoms with Gasteiger partial charge in [0, 0.05) is 0 Å². The molecule has 0 fully saturated rings. The third-order valence-electron chi connectivity index (χ3n) is 1.81. The van der Waals surface area contributed by atoms with Crippen molar-refractivity contribution in [3.05, 3.63) is 36.2 Å². The number of hydrogen-bond acceptors (Lipinski definition) is 1. The van der Waals surface area contributed by atoms with Gasteiger partial charge in [-0.1, -0.05) is 12.6 Å². The average molecular weight is 272 g/mol. The van der Waals surface area contributed by atoms with Crippen LogP contribution in [-0.2, 0) is 0 Å². The van der Waals surface area contributed by atoms with Gasteiger partial charge in [0.15, 0.2) is 11.6 Å². The van der Waals surface area contributed by atoms with E-state index >= 15 is 0 Å². The van der Waals surface area contributed by atoms with E-state index in [1.165, 1.54) is 0 Å². The Hall–Kier alpha value is 0.181. The van der Waals surface area contributed by atoms with Crippen LogP contribution in [0.25, 0.3) is 0 Å². The van der Waals surface area contributed by atoms with Crippen molar-refractivity contribution in [1.29, 1.82) is 0 Å². The number of ether oxygens (including phenoxy) is 1. The van der Waals surface area contributed by atoms with Crippen LogP contribution in [0, 0.1) is 5.82 Å². The number of benzene rings is 1. The van der Waals surface area contributed by atoms with Crippen LogP contribution >= 0.6 is 0 Å². The zero-order chi connectivity index (χ0) is 12.3. The summed E-state index contributed by atoms with van der Waals surface area (Å²) >= 11 is 0. The molecule has 0 unspecified atom stereocenters. The summed E-state index contributed by atoms with van der Waals surface area (Å²) < 4.78 is 55.1. The predicted molar refractivity (Wildman–Crippen MR) is 55.4 cm³/mol. The van der Waals surface area contributed by atoms with Gasteiger partial charge >= 0.3 is 58.4 Å². The van der Waals surface area contributed by atoms with Gasteiger partial charge in [0.2, 0.25) is 0 Å². The normalized spacial score (nSPS) is 10.6. The molecule has 0 aliphatic carbocycles. The molecule has 0 aliphatic heterocycles. The molecule has 0 aliphatic rings. The van der Waals surface area contributed by atoms with Crippen molar-refractivity contribution >= 4 is 12.4 Å². The Bertz CT molecular complexity index is 406. The van der Waals surface area contributed by atoms with Gasteiger partial charge in [0.1, 0.15) is 6.61 Å². The molecule has 1 aromatic carbocycles. The summed E-state index contributed by atoms with van der Waals surface area (Å²) in [5.74, 6) is -1.22. The van der Waals surface area contributed by atoms with Gasteiger partial charge in [-0.2, -0.15) is 0 Å². The SMILES string of the molecule is C=C(C)COc1cc([B-](F)(F)F)ccc1F.[K+]. The maximum absolute atomic E-state index is 13.1. The molecule has 0 saturated heterocycles. The van der Waals surface area contributed by atoms with Gasteiger partial charge in [-0.05, 0) is 24.6 Å². The fourth-order valence-electron chi connectivity index (χ4n) is 1.04. The minimum atomic E-state index is -5.14. The maximum atomic E-state index is 13.1. The Morgan fingerprint density at radius 1 is 1.35 bits per heavy atom. The van der Waals surface area contributed by atoms with Crippen molar-refractivity contribution in [1.82, 2.24) is 0 Å². The van der Waals surface area contributed by atoms with Crippen LogP contribution in [0.3, 0.4) is 0 Å². The Balaban J connectivity index is 0.00000256. The Morgan fingerprint density at radius 2 is 1.94 bits per heavy atom. The van der Waals surface area contributed by atoms with Crippen molar-refractivity contribution in [2.75, 3.05) is 6.61 Å². The van der Waals surface area contributed by atoms with Crippen LogP contribution in [-0.4, -0.2) is 13.6 Å². The molecule has 0 saturated carbocycles. The summed E-state index contributed by atoms with van der Waals surface area (Å²) in [4.78, 5) is 0. The summed E-state index contributed by atoms with van der Waals surface area (Å²) in [5, 5.41) is 0. The van der Waals surface area contributed by atoms with Gasteiger partial charge in [0.05, 0.1) is 0 Å². The van der Waals surface area contributed by atoms with Gasteiger partial charge in [-0.15, -0.1) is 5.46 Å². The quantitative estimate of drug-likeness (QED) is 0.420. The first-order chi connectivity index (χ1) is 7.30. The fraction of sp³-hybridized carbons (Fsp3) is 0.200. The topological polar surface area (TPSA) is 9.23 Å². The zero-order valence-electron chi connectivity index (χ0n) is 9.64. The van der Waals surface area contributed by atoms with Crippen LogP contribution in [0.15, 0.2) is 30.4 Å². The summed E-state index contributed by atoms with van der Waals surface area (Å²) in [7, 11) is 0. The monoisotopic (exact) mass is 272 g/mol. The molecule has 1 rings (SSSR count). The van der Waals surface area contributed by atoms with Crippen LogP contribution in [0.1, 0.15) is 6.92 Å². The van der Waals surface area contributed by atoms with Crippen molar-refractivity contribution in [2.24, 2.45) is 0 Å². The molecule has 0 aromatic heterocycles. The third kappa shape index (κ3) is 5.57. The van der Waals surface area contributed by atoms with E-state index in [0.29, 0.717) is 17.7 Å². The fourth-order valence-corrected chi connectivity index (χ4v) is 1.04. The van der Waals surface area contributed by atoms with Crippen molar-refractivity contribution in [3.8, 4) is 5.75 Å². The van der Waals surface area contributed by atoms with Crippen LogP contribution in [0.5, 0.6) is 5.75 Å². The van der Waals surface area contributed by atoms with Gasteiger partial charge in [-0.25, -0.2) is 4.39 Å². The van der Waals surface area contributed by atoms with E-state index in [1.807, 2.05) is 0 Å². The Kier molecular flexibility index (Phi) is 7.01. The van der Waals surface area contributed by atoms with E-state index in [1.54, 1.807) is 6.92 Å². The van der Waals surface area contributed by atoms with Crippen molar-refractivity contribution < 1.29 is 73.5 Å². The molecule has 0 bridgehead atoms. The first-order valence-electron chi connectivity index (χ1n) is 4.57. The standard InChI is InChI=1S/C10H10BF4O.K/c1-7(2)6-16-10-5-8(11(13,14)15)3-4-9(10)12;/h3-5H,1,6H2,2H3;/q-1;+1. The molecule has 88 valence electrons. The van der Waals surface area contributed by atoms with E-state index in [-0.39, 0.29) is 58.0 Å². The summed E-state index contributed by atoms with van der Waals surface area (Å²) in [6.07, 6.45) is 0. The Morgan fingerprint density at radius 3 is 2.41 bits per heavy atom. The second-order valence-corrected chi connectivity index (χ2v) is 3.51. The van der Waals surface area contributed by atoms with Crippen LogP contribution in [0.4, 0.5) is 17.3 Å². The summed E-state index contributed by atoms with van der Waals surface area (Å²) in [6, 6.07) is 2.11. The largest absolute Gasteiger partial charge is 1.00 e. The smallest absolute Gasteiger partial charge is 0.486 e. The molecule has 0 radical (unpaired) electrons. The molecule has 17 heavy (non-hydrogen) atoms. The molecule has 7 heteroatoms. The van der Waals surface area contributed by atoms with Gasteiger partial charge in [0.25, 0.3) is 0 Å². The molecule has 0 atom stereocenters. The summed E-state index contributed by atoms with van der Waals surface area (Å²) in [5.41, 5.74) is -0.277. The van der Waals surface area contributed by atoms with E-state index in [0.717, 1.165) is 6.07 Å². The molecule has 1 aromatic rings. The minimum absolute atomic E-state index is 0. The molecular formula is C10H10BF4KO. The first-order valence-corrected chi connectivity index (χ1v) is 4.57. The summed E-state index contributed by atoms with van der Waals surface area (Å²) in [6.45, 7) is -0.00758. The molecule has 0 heterocycles. The molecular weight excluding hydrogens is 262 g/mol. The average Bonchev–Trinajstić information content (AvgIpc) is 2.14. The van der Waals surface area contributed by atoms with Crippen molar-refractivity contribution in [2.45, 2.75) is 6.92 Å². The molecule has 0 N–H and O–H groups in total. The number of rotatable bonds is 4. The van der Waals surface area contributed by atoms with E-state index in [2.05, 4.69) is 6.58 Å². The number of hydrogen-bond donors (Lipinski definition) is 0. The second-order valence-electron chi connectivity index (χ2n) is 3.51. The second kappa shape index (κ2) is 6.94. The molecule has 1 nitrogen and oxygen atoms in total. The molecule has 0 spiro atoms. The first kappa shape index (κ1) is 17.2. The van der Waals surface area contributed by atoms with Crippen LogP contribution < -0.4 is 61.6 Å². The van der Waals surface area contributed by atoms with E-state index < -0.39 is 24.0 Å². The maximum Gasteiger partial charge on any atom is 1.00 e. The van der Waals surface area contributed by atoms with Gasteiger partial charge < -0.3 is 17.7 Å². The zero-order valence-corrected chi connectivity index (χ0v) is 12.8. The predicted octanol–water partition coefficient (Wildman–Crippen LogP) is -0.161. The molecule has 0 amide bonds. The van der Waals surface area contributed by atoms with Crippen molar-refractivity contribution in [3.63, 3.8) is 0 Å². The van der Waals surface area contributed by atoms with E-state index in [9.17, 15) is 17.3 Å². The third-order valence-corrected chi connectivity index (χ3v) is 1.81.